The van der Waals surface area contributed by atoms with Crippen molar-refractivity contribution in [1.82, 2.24) is 0 Å². The van der Waals surface area contributed by atoms with E-state index in [4.69, 9.17) is 9.84 Å². The SMILES string of the molecule is CCCCCCCCCCCCCCCC(OC(=O)CCC(=O)O)S(=O)(=O)O.[H-].[H-].[Na+].[Na+]. The number of esters is 1. The van der Waals surface area contributed by atoms with Crippen molar-refractivity contribution in [2.45, 2.75) is 115 Å². The first kappa shape index (κ1) is 35.4. The summed E-state index contributed by atoms with van der Waals surface area (Å²) in [6.45, 7) is 2.22. The van der Waals surface area contributed by atoms with E-state index in [0.29, 0.717) is 6.42 Å². The predicted molar refractivity (Wildman–Crippen MR) is 111 cm³/mol. The first-order chi connectivity index (χ1) is 13.3. The second-order valence-electron chi connectivity index (χ2n) is 7.36. The average Bonchev–Trinajstić information content (AvgIpc) is 2.62. The largest absolute Gasteiger partial charge is 1.00 e. The van der Waals surface area contributed by atoms with Gasteiger partial charge in [-0.25, -0.2) is 0 Å². The average molecular weight is 471 g/mol. The van der Waals surface area contributed by atoms with Crippen LogP contribution in [0.1, 0.15) is 113 Å². The molecule has 0 aliphatic carbocycles. The second-order valence-corrected chi connectivity index (χ2v) is 8.92. The van der Waals surface area contributed by atoms with Crippen molar-refractivity contribution in [2.75, 3.05) is 0 Å². The second kappa shape index (κ2) is 23.0. The number of aliphatic carboxylic acids is 1. The van der Waals surface area contributed by atoms with Crippen molar-refractivity contribution in [3.05, 3.63) is 0 Å². The van der Waals surface area contributed by atoms with E-state index in [2.05, 4.69) is 6.92 Å². The van der Waals surface area contributed by atoms with Crippen LogP contribution in [0.25, 0.3) is 0 Å². The summed E-state index contributed by atoms with van der Waals surface area (Å²) >= 11 is 0. The first-order valence-electron chi connectivity index (χ1n) is 10.6. The van der Waals surface area contributed by atoms with E-state index in [-0.39, 0.29) is 68.4 Å². The monoisotopic (exact) mass is 470 g/mol. The Morgan fingerprint density at radius 2 is 1.20 bits per heavy atom. The Kier molecular flexibility index (Phi) is 27.2. The van der Waals surface area contributed by atoms with Crippen LogP contribution in [-0.4, -0.2) is 35.5 Å². The van der Waals surface area contributed by atoms with Crippen LogP contribution in [0, 0.1) is 0 Å². The summed E-state index contributed by atoms with van der Waals surface area (Å²) in [7, 11) is -4.51. The Balaban J connectivity index is -0.000000607. The fraction of sp³-hybridized carbons (Fsp3) is 0.900. The maximum Gasteiger partial charge on any atom is 1.00 e. The molecule has 0 amide bonds. The smallest absolute Gasteiger partial charge is 1.00 e. The molecule has 0 aromatic heterocycles. The van der Waals surface area contributed by atoms with Gasteiger partial charge in [-0.15, -0.1) is 0 Å². The molecule has 10 heteroatoms. The van der Waals surface area contributed by atoms with Gasteiger partial charge in [-0.3, -0.25) is 14.1 Å². The maximum atomic E-state index is 11.5. The van der Waals surface area contributed by atoms with Gasteiger partial charge in [0.05, 0.1) is 12.8 Å². The van der Waals surface area contributed by atoms with E-state index in [1.54, 1.807) is 0 Å². The number of rotatable bonds is 19. The van der Waals surface area contributed by atoms with Crippen molar-refractivity contribution < 1.29 is 94.4 Å². The summed E-state index contributed by atoms with van der Waals surface area (Å²) in [4.78, 5) is 21.9. The van der Waals surface area contributed by atoms with Gasteiger partial charge in [-0.1, -0.05) is 84.0 Å². The maximum absolute atomic E-state index is 11.5. The van der Waals surface area contributed by atoms with Crippen LogP contribution in [0.2, 0.25) is 0 Å². The summed E-state index contributed by atoms with van der Waals surface area (Å²) in [5.74, 6) is -2.10. The van der Waals surface area contributed by atoms with Crippen LogP contribution in [-0.2, 0) is 24.4 Å². The molecular weight excluding hydrogens is 430 g/mol. The Bertz CT molecular complexity index is 538. The number of hydrogen-bond donors (Lipinski definition) is 2. The van der Waals surface area contributed by atoms with Crippen molar-refractivity contribution in [1.29, 1.82) is 0 Å². The number of carbonyl (C=O) groups is 2. The molecule has 0 bridgehead atoms. The summed E-state index contributed by atoms with van der Waals surface area (Å²) in [6, 6.07) is 0. The van der Waals surface area contributed by atoms with E-state index in [9.17, 15) is 22.6 Å². The number of carbonyl (C=O) groups excluding carboxylic acids is 1. The normalized spacial score (nSPS) is 11.8. The summed E-state index contributed by atoms with van der Waals surface area (Å²) < 4.78 is 36.5. The van der Waals surface area contributed by atoms with Crippen LogP contribution < -0.4 is 59.1 Å². The number of carboxylic acid groups (broad SMARTS) is 1. The molecule has 0 aromatic rings. The minimum Gasteiger partial charge on any atom is -1.00 e. The van der Waals surface area contributed by atoms with Crippen LogP contribution in [0.3, 0.4) is 0 Å². The zero-order valence-corrected chi connectivity index (χ0v) is 24.1. The number of unbranched alkanes of at least 4 members (excludes halogenated alkanes) is 12. The molecule has 0 heterocycles. The van der Waals surface area contributed by atoms with Gasteiger partial charge in [-0.05, 0) is 6.42 Å². The first-order valence-corrected chi connectivity index (χ1v) is 12.1. The summed E-state index contributed by atoms with van der Waals surface area (Å²) in [5.41, 5.74) is -1.61. The molecule has 0 fully saturated rings. The Morgan fingerprint density at radius 3 is 1.57 bits per heavy atom. The molecule has 0 spiro atoms. The topological polar surface area (TPSA) is 118 Å². The van der Waals surface area contributed by atoms with Gasteiger partial charge in [0.2, 0.25) is 5.44 Å². The van der Waals surface area contributed by atoms with Gasteiger partial charge < -0.3 is 12.7 Å². The molecule has 170 valence electrons. The van der Waals surface area contributed by atoms with E-state index < -0.39 is 40.3 Å². The predicted octanol–water partition coefficient (Wildman–Crippen LogP) is -0.677. The minimum atomic E-state index is -4.51. The quantitative estimate of drug-likeness (QED) is 0.111. The molecule has 0 saturated heterocycles. The van der Waals surface area contributed by atoms with Crippen LogP contribution in [0.15, 0.2) is 0 Å². The third-order valence-electron chi connectivity index (χ3n) is 4.68. The third-order valence-corrected chi connectivity index (χ3v) is 5.68. The number of carboxylic acids is 1. The van der Waals surface area contributed by atoms with Gasteiger partial charge >= 0.3 is 81.2 Å². The minimum absolute atomic E-state index is 0. The van der Waals surface area contributed by atoms with Crippen molar-refractivity contribution in [2.24, 2.45) is 0 Å². The summed E-state index contributed by atoms with van der Waals surface area (Å²) in [6.07, 6.45) is 14.1. The van der Waals surface area contributed by atoms with Crippen molar-refractivity contribution in [3.63, 3.8) is 0 Å². The molecule has 30 heavy (non-hydrogen) atoms. The van der Waals surface area contributed by atoms with E-state index in [1.165, 1.54) is 57.8 Å². The molecule has 0 rings (SSSR count). The van der Waals surface area contributed by atoms with Gasteiger partial charge in [0, 0.05) is 6.42 Å². The third kappa shape index (κ3) is 23.5. The van der Waals surface area contributed by atoms with Crippen molar-refractivity contribution in [3.8, 4) is 0 Å². The Labute approximate surface area is 229 Å². The fourth-order valence-electron chi connectivity index (χ4n) is 3.01. The van der Waals surface area contributed by atoms with Gasteiger partial charge in [0.1, 0.15) is 0 Å². The standard InChI is InChI=1S/C20H38O7S.2Na.2H/c1-2-3-4-5-6-7-8-9-10-11-12-13-14-15-20(28(24,25)26)27-19(23)17-16-18(21)22;;;;/h20H,2-17H2,1H3,(H,21,22)(H,24,25,26);;;;/q;2*+1;2*-1. The van der Waals surface area contributed by atoms with Crippen LogP contribution >= 0.6 is 0 Å². The van der Waals surface area contributed by atoms with Gasteiger partial charge in [0.15, 0.2) is 0 Å². The molecule has 7 nitrogen and oxygen atoms in total. The van der Waals surface area contributed by atoms with Gasteiger partial charge in [-0.2, -0.15) is 8.42 Å². The van der Waals surface area contributed by atoms with Crippen LogP contribution in [0.4, 0.5) is 0 Å². The van der Waals surface area contributed by atoms with E-state index in [0.717, 1.165) is 19.3 Å². The molecule has 0 aromatic carbocycles. The van der Waals surface area contributed by atoms with E-state index in [1.807, 2.05) is 0 Å². The number of ether oxygens (including phenoxy) is 1. The molecular formula is C20H40Na2O7S. The molecule has 0 radical (unpaired) electrons. The van der Waals surface area contributed by atoms with E-state index >= 15 is 0 Å². The Hall–Kier alpha value is 0.850. The number of hydrogen-bond acceptors (Lipinski definition) is 5. The van der Waals surface area contributed by atoms with Crippen molar-refractivity contribution >= 4 is 22.1 Å². The molecule has 0 saturated carbocycles. The zero-order chi connectivity index (χ0) is 21.3. The fourth-order valence-corrected chi connectivity index (χ4v) is 3.71. The molecule has 1 atom stereocenters. The Morgan fingerprint density at radius 1 is 0.800 bits per heavy atom. The van der Waals surface area contributed by atoms with Gasteiger partial charge in [0.25, 0.3) is 0 Å². The van der Waals surface area contributed by atoms with Crippen LogP contribution in [0.5, 0.6) is 0 Å². The summed E-state index contributed by atoms with van der Waals surface area (Å²) in [5, 5.41) is 8.52. The zero-order valence-electron chi connectivity index (χ0n) is 21.2. The molecule has 1 unspecified atom stereocenters. The molecule has 2 N–H and O–H groups in total. The molecule has 0 aliphatic rings. The molecule has 0 aliphatic heterocycles.